The summed E-state index contributed by atoms with van der Waals surface area (Å²) in [5, 5.41) is 4.49. The second-order valence-electron chi connectivity index (χ2n) is 6.83. The highest BCUT2D eigenvalue weighted by atomic mass is 16.5. The lowest BCUT2D eigenvalue weighted by Crippen LogP contribution is -3.14. The minimum absolute atomic E-state index is 0.324. The third-order valence-electron chi connectivity index (χ3n) is 5.07. The Kier molecular flexibility index (Phi) is 7.01. The van der Waals surface area contributed by atoms with Crippen molar-refractivity contribution in [2.24, 2.45) is 0 Å². The van der Waals surface area contributed by atoms with E-state index in [4.69, 9.17) is 9.47 Å². The molecule has 0 aliphatic carbocycles. The molecular formula is C21H30N3O3+. The van der Waals surface area contributed by atoms with Crippen LogP contribution >= 0.6 is 0 Å². The van der Waals surface area contributed by atoms with Crippen LogP contribution in [0.2, 0.25) is 0 Å². The van der Waals surface area contributed by atoms with Crippen molar-refractivity contribution in [2.45, 2.75) is 26.7 Å². The van der Waals surface area contributed by atoms with Crippen LogP contribution < -0.4 is 10.2 Å². The molecule has 2 heterocycles. The van der Waals surface area contributed by atoms with Gasteiger partial charge in [0, 0.05) is 24.5 Å². The number of esters is 1. The van der Waals surface area contributed by atoms with Crippen LogP contribution in [0.3, 0.4) is 0 Å². The van der Waals surface area contributed by atoms with Crippen LogP contribution in [0.4, 0.5) is 5.69 Å². The molecule has 1 aromatic carbocycles. The molecule has 6 nitrogen and oxygen atoms in total. The summed E-state index contributed by atoms with van der Waals surface area (Å²) in [5.74, 6) is -0.324. The SMILES string of the molecule is CCOC(=O)c1cnc2c(CC)cccc2c1NCCC[NH+]1CCOCC1. The number of fused-ring (bicyclic) bond motifs is 1. The molecule has 3 rings (SSSR count). The first-order valence-corrected chi connectivity index (χ1v) is 9.97. The Hall–Kier alpha value is -2.18. The van der Waals surface area contributed by atoms with Crippen LogP contribution in [0.25, 0.3) is 10.9 Å². The van der Waals surface area contributed by atoms with E-state index in [1.807, 2.05) is 19.1 Å². The van der Waals surface area contributed by atoms with Gasteiger partial charge in [-0.2, -0.15) is 0 Å². The molecule has 0 atom stereocenters. The van der Waals surface area contributed by atoms with Crippen LogP contribution in [0.1, 0.15) is 36.2 Å². The number of carbonyl (C=O) groups excluding carboxylic acids is 1. The van der Waals surface area contributed by atoms with Gasteiger partial charge in [0.2, 0.25) is 0 Å². The molecule has 1 fully saturated rings. The third kappa shape index (κ3) is 4.76. The van der Waals surface area contributed by atoms with Crippen molar-refractivity contribution in [1.82, 2.24) is 4.98 Å². The molecule has 0 bridgehead atoms. The van der Waals surface area contributed by atoms with Crippen LogP contribution in [-0.2, 0) is 15.9 Å². The fourth-order valence-corrected chi connectivity index (χ4v) is 3.59. The van der Waals surface area contributed by atoms with Crippen molar-refractivity contribution in [3.8, 4) is 0 Å². The number of aromatic nitrogens is 1. The number of aryl methyl sites for hydroxylation is 1. The summed E-state index contributed by atoms with van der Waals surface area (Å²) in [6, 6.07) is 6.14. The molecule has 0 radical (unpaired) electrons. The highest BCUT2D eigenvalue weighted by Crippen LogP contribution is 2.29. The first kappa shape index (κ1) is 19.6. The van der Waals surface area contributed by atoms with E-state index in [9.17, 15) is 4.79 Å². The maximum Gasteiger partial charge on any atom is 0.341 e. The predicted octanol–water partition coefficient (Wildman–Crippen LogP) is 1.69. The van der Waals surface area contributed by atoms with Crippen molar-refractivity contribution in [2.75, 3.05) is 51.3 Å². The molecule has 1 aliphatic rings. The van der Waals surface area contributed by atoms with Gasteiger partial charge >= 0.3 is 5.97 Å². The summed E-state index contributed by atoms with van der Waals surface area (Å²) < 4.78 is 10.7. The van der Waals surface area contributed by atoms with E-state index >= 15 is 0 Å². The Labute approximate surface area is 160 Å². The fourth-order valence-electron chi connectivity index (χ4n) is 3.59. The number of quaternary nitrogens is 1. The molecule has 0 amide bonds. The van der Waals surface area contributed by atoms with Gasteiger partial charge in [-0.25, -0.2) is 4.79 Å². The van der Waals surface area contributed by atoms with E-state index in [0.29, 0.717) is 12.2 Å². The number of hydrogen-bond donors (Lipinski definition) is 2. The number of ether oxygens (including phenoxy) is 2. The van der Waals surface area contributed by atoms with Crippen molar-refractivity contribution in [3.05, 3.63) is 35.5 Å². The molecule has 1 aliphatic heterocycles. The molecule has 27 heavy (non-hydrogen) atoms. The van der Waals surface area contributed by atoms with Gasteiger partial charge < -0.3 is 19.7 Å². The van der Waals surface area contributed by atoms with Crippen LogP contribution in [0.5, 0.6) is 0 Å². The molecule has 146 valence electrons. The molecule has 0 unspecified atom stereocenters. The van der Waals surface area contributed by atoms with Crippen LogP contribution in [-0.4, -0.2) is 57.0 Å². The molecule has 1 aromatic heterocycles. The van der Waals surface area contributed by atoms with Crippen LogP contribution in [0, 0.1) is 0 Å². The Balaban J connectivity index is 1.79. The lowest BCUT2D eigenvalue weighted by molar-refractivity contribution is -0.908. The first-order chi connectivity index (χ1) is 13.2. The topological polar surface area (TPSA) is 64.9 Å². The minimum Gasteiger partial charge on any atom is -0.462 e. The number of hydrogen-bond acceptors (Lipinski definition) is 5. The van der Waals surface area contributed by atoms with Crippen molar-refractivity contribution in [1.29, 1.82) is 0 Å². The van der Waals surface area contributed by atoms with Crippen LogP contribution in [0.15, 0.2) is 24.4 Å². The summed E-state index contributed by atoms with van der Waals surface area (Å²) in [5.41, 5.74) is 3.49. The van der Waals surface area contributed by atoms with Crippen molar-refractivity contribution >= 4 is 22.6 Å². The number of nitrogens with zero attached hydrogens (tertiary/aromatic N) is 1. The Bertz CT molecular complexity index is 773. The van der Waals surface area contributed by atoms with E-state index < -0.39 is 0 Å². The Morgan fingerprint density at radius 1 is 1.30 bits per heavy atom. The average Bonchev–Trinajstić information content (AvgIpc) is 2.71. The van der Waals surface area contributed by atoms with E-state index in [-0.39, 0.29) is 5.97 Å². The zero-order valence-corrected chi connectivity index (χ0v) is 16.3. The highest BCUT2D eigenvalue weighted by molar-refractivity contribution is 6.05. The van der Waals surface area contributed by atoms with Crippen molar-refractivity contribution < 1.29 is 19.2 Å². The molecule has 1 saturated heterocycles. The minimum atomic E-state index is -0.324. The van der Waals surface area contributed by atoms with Gasteiger partial charge in [0.1, 0.15) is 18.7 Å². The summed E-state index contributed by atoms with van der Waals surface area (Å²) in [4.78, 5) is 18.6. The number of para-hydroxylation sites is 1. The van der Waals surface area contributed by atoms with Gasteiger partial charge in [0.15, 0.2) is 0 Å². The molecular weight excluding hydrogens is 342 g/mol. The quantitative estimate of drug-likeness (QED) is 0.545. The zero-order chi connectivity index (χ0) is 19.1. The van der Waals surface area contributed by atoms with Gasteiger partial charge in [-0.15, -0.1) is 0 Å². The standard InChI is InChI=1S/C21H29N3O3/c1-3-16-7-5-8-17-19(16)23-15-18(21(25)27-4-2)20(17)22-9-6-10-24-11-13-26-14-12-24/h5,7-8,15H,3-4,6,9-14H2,1-2H3,(H,22,23)/p+1. The Morgan fingerprint density at radius 3 is 2.85 bits per heavy atom. The van der Waals surface area contributed by atoms with Crippen molar-refractivity contribution in [3.63, 3.8) is 0 Å². The summed E-state index contributed by atoms with van der Waals surface area (Å²) in [7, 11) is 0. The molecule has 0 spiro atoms. The van der Waals surface area contributed by atoms with E-state index in [1.165, 1.54) is 5.56 Å². The number of carbonyl (C=O) groups is 1. The lowest BCUT2D eigenvalue weighted by Gasteiger charge is -2.24. The number of nitrogens with one attached hydrogen (secondary N) is 2. The molecule has 6 heteroatoms. The lowest BCUT2D eigenvalue weighted by atomic mass is 10.0. The number of benzene rings is 1. The largest absolute Gasteiger partial charge is 0.462 e. The first-order valence-electron chi connectivity index (χ1n) is 9.97. The number of pyridine rings is 1. The third-order valence-corrected chi connectivity index (χ3v) is 5.07. The smallest absolute Gasteiger partial charge is 0.341 e. The summed E-state index contributed by atoms with van der Waals surface area (Å²) >= 11 is 0. The van der Waals surface area contributed by atoms with Gasteiger partial charge in [-0.05, 0) is 18.9 Å². The normalized spacial score (nSPS) is 15.0. The maximum absolute atomic E-state index is 12.4. The molecule has 2 N–H and O–H groups in total. The Morgan fingerprint density at radius 2 is 2.11 bits per heavy atom. The second kappa shape index (κ2) is 9.67. The zero-order valence-electron chi connectivity index (χ0n) is 16.3. The number of anilines is 1. The predicted molar refractivity (Wildman–Crippen MR) is 107 cm³/mol. The van der Waals surface area contributed by atoms with Gasteiger partial charge in [-0.1, -0.05) is 25.1 Å². The van der Waals surface area contributed by atoms with Gasteiger partial charge in [0.25, 0.3) is 0 Å². The van der Waals surface area contributed by atoms with Gasteiger partial charge in [-0.3, -0.25) is 4.98 Å². The monoisotopic (exact) mass is 372 g/mol. The average molecular weight is 372 g/mol. The number of morpholine rings is 1. The second-order valence-corrected chi connectivity index (χ2v) is 6.83. The molecule has 2 aromatic rings. The summed E-state index contributed by atoms with van der Waals surface area (Å²) in [6.45, 7) is 10.1. The molecule has 0 saturated carbocycles. The fraction of sp³-hybridized carbons (Fsp3) is 0.524. The highest BCUT2D eigenvalue weighted by Gasteiger charge is 2.18. The summed E-state index contributed by atoms with van der Waals surface area (Å²) in [6.07, 6.45) is 3.59. The van der Waals surface area contributed by atoms with E-state index in [2.05, 4.69) is 23.3 Å². The number of rotatable bonds is 8. The van der Waals surface area contributed by atoms with Gasteiger partial charge in [0.05, 0.1) is 37.6 Å². The maximum atomic E-state index is 12.4. The van der Waals surface area contributed by atoms with E-state index in [1.54, 1.807) is 11.1 Å². The van der Waals surface area contributed by atoms with E-state index in [0.717, 1.165) is 68.8 Å².